The van der Waals surface area contributed by atoms with E-state index < -0.39 is 10.0 Å². The molecule has 8 heteroatoms. The van der Waals surface area contributed by atoms with E-state index in [-0.39, 0.29) is 23.5 Å². The average molecular weight is 447 g/mol. The predicted octanol–water partition coefficient (Wildman–Crippen LogP) is 3.52. The number of nitrogens with one attached hydrogen (secondary N) is 1. The molecular formula is C23H30N2O5S. The maximum atomic E-state index is 12.8. The van der Waals surface area contributed by atoms with Gasteiger partial charge in [-0.3, -0.25) is 4.79 Å². The minimum atomic E-state index is -3.50. The number of nitrogens with zero attached hydrogens (tertiary/aromatic N) is 1. The lowest BCUT2D eigenvalue weighted by Gasteiger charge is -2.20. The summed E-state index contributed by atoms with van der Waals surface area (Å²) in [6, 6.07) is 13.5. The number of benzene rings is 2. The van der Waals surface area contributed by atoms with Crippen LogP contribution in [0.3, 0.4) is 0 Å². The first-order valence-electron chi connectivity index (χ1n) is 10.6. The fourth-order valence-corrected chi connectivity index (χ4v) is 5.19. The molecule has 0 aliphatic carbocycles. The zero-order chi connectivity index (χ0) is 22.3. The highest BCUT2D eigenvalue weighted by molar-refractivity contribution is 7.89. The van der Waals surface area contributed by atoms with E-state index in [1.807, 2.05) is 31.2 Å². The van der Waals surface area contributed by atoms with Gasteiger partial charge in [-0.2, -0.15) is 4.31 Å². The van der Waals surface area contributed by atoms with Gasteiger partial charge in [0.25, 0.3) is 5.91 Å². The van der Waals surface area contributed by atoms with Crippen LogP contribution in [0.2, 0.25) is 0 Å². The summed E-state index contributed by atoms with van der Waals surface area (Å²) in [6.07, 6.45) is 3.92. The van der Waals surface area contributed by atoms with E-state index in [9.17, 15) is 13.2 Å². The Morgan fingerprint density at radius 2 is 1.68 bits per heavy atom. The minimum Gasteiger partial charge on any atom is -0.496 e. The van der Waals surface area contributed by atoms with Crippen molar-refractivity contribution in [3.05, 3.63) is 54.1 Å². The largest absolute Gasteiger partial charge is 0.496 e. The number of para-hydroxylation sites is 1. The molecule has 2 aromatic rings. The van der Waals surface area contributed by atoms with Crippen molar-refractivity contribution in [3.8, 4) is 11.5 Å². The number of rotatable bonds is 8. The Kier molecular flexibility index (Phi) is 7.92. The molecule has 0 bridgehead atoms. The molecule has 168 valence electrons. The molecule has 0 unspecified atom stereocenters. The van der Waals surface area contributed by atoms with Gasteiger partial charge in [-0.15, -0.1) is 0 Å². The SMILES string of the molecule is COc1ccccc1[C@@H](C)NC(=O)COc1ccc(S(=O)(=O)N2CCCCCC2)cc1. The monoisotopic (exact) mass is 446 g/mol. The number of sulfonamides is 1. The van der Waals surface area contributed by atoms with Crippen LogP contribution in [0.5, 0.6) is 11.5 Å². The second kappa shape index (κ2) is 10.6. The molecule has 7 nitrogen and oxygen atoms in total. The van der Waals surface area contributed by atoms with Gasteiger partial charge in [-0.25, -0.2) is 8.42 Å². The van der Waals surface area contributed by atoms with E-state index in [0.29, 0.717) is 24.6 Å². The molecule has 0 saturated carbocycles. The molecule has 1 aliphatic rings. The van der Waals surface area contributed by atoms with Gasteiger partial charge in [0.2, 0.25) is 10.0 Å². The summed E-state index contributed by atoms with van der Waals surface area (Å²) in [5.74, 6) is 0.868. The fraction of sp³-hybridized carbons (Fsp3) is 0.435. The molecule has 0 aromatic heterocycles. The number of hydrogen-bond acceptors (Lipinski definition) is 5. The summed E-state index contributed by atoms with van der Waals surface area (Å²) >= 11 is 0. The number of amides is 1. The first-order valence-corrected chi connectivity index (χ1v) is 12.0. The van der Waals surface area contributed by atoms with Gasteiger partial charge in [0, 0.05) is 18.7 Å². The zero-order valence-electron chi connectivity index (χ0n) is 18.0. The third-order valence-corrected chi connectivity index (χ3v) is 7.29. The molecule has 1 heterocycles. The van der Waals surface area contributed by atoms with Crippen molar-refractivity contribution in [1.29, 1.82) is 0 Å². The Morgan fingerprint density at radius 1 is 1.03 bits per heavy atom. The summed E-state index contributed by atoms with van der Waals surface area (Å²) in [7, 11) is -1.91. The standard InChI is InChI=1S/C23H30N2O5S/c1-18(21-9-5-6-10-22(21)29-2)24-23(26)17-30-19-11-13-20(14-12-19)31(27,28)25-15-7-3-4-8-16-25/h5-6,9-14,18H,3-4,7-8,15-17H2,1-2H3,(H,24,26)/t18-/m1/s1. The Morgan fingerprint density at radius 3 is 2.32 bits per heavy atom. The summed E-state index contributed by atoms with van der Waals surface area (Å²) in [6.45, 7) is 2.83. The maximum Gasteiger partial charge on any atom is 0.258 e. The van der Waals surface area contributed by atoms with Gasteiger partial charge in [-0.1, -0.05) is 31.0 Å². The highest BCUT2D eigenvalue weighted by Crippen LogP contribution is 2.25. The molecular weight excluding hydrogens is 416 g/mol. The smallest absolute Gasteiger partial charge is 0.258 e. The zero-order valence-corrected chi connectivity index (χ0v) is 18.9. The van der Waals surface area contributed by atoms with E-state index in [0.717, 1.165) is 31.2 Å². The van der Waals surface area contributed by atoms with Gasteiger partial charge < -0.3 is 14.8 Å². The molecule has 3 rings (SSSR count). The van der Waals surface area contributed by atoms with Crippen LogP contribution in [0.4, 0.5) is 0 Å². The lowest BCUT2D eigenvalue weighted by molar-refractivity contribution is -0.123. The van der Waals surface area contributed by atoms with Crippen molar-refractivity contribution in [3.63, 3.8) is 0 Å². The van der Waals surface area contributed by atoms with Crippen LogP contribution in [0, 0.1) is 0 Å². The Balaban J connectivity index is 1.55. The van der Waals surface area contributed by atoms with E-state index in [4.69, 9.17) is 9.47 Å². The first kappa shape index (κ1) is 23.1. The van der Waals surface area contributed by atoms with Crippen LogP contribution in [0.25, 0.3) is 0 Å². The number of ether oxygens (including phenoxy) is 2. The Hall–Kier alpha value is -2.58. The third kappa shape index (κ3) is 5.98. The Bertz CT molecular complexity index is 968. The second-order valence-electron chi connectivity index (χ2n) is 7.61. The van der Waals surface area contributed by atoms with Crippen molar-refractivity contribution in [2.24, 2.45) is 0 Å². The molecule has 0 spiro atoms. The van der Waals surface area contributed by atoms with Crippen LogP contribution in [0.1, 0.15) is 44.2 Å². The second-order valence-corrected chi connectivity index (χ2v) is 9.55. The molecule has 1 saturated heterocycles. The van der Waals surface area contributed by atoms with Crippen LogP contribution < -0.4 is 14.8 Å². The van der Waals surface area contributed by atoms with E-state index in [2.05, 4.69) is 5.32 Å². The summed E-state index contributed by atoms with van der Waals surface area (Å²) < 4.78 is 38.1. The van der Waals surface area contributed by atoms with E-state index in [1.165, 1.54) is 12.1 Å². The predicted molar refractivity (Wildman–Crippen MR) is 119 cm³/mol. The van der Waals surface area contributed by atoms with E-state index >= 15 is 0 Å². The highest BCUT2D eigenvalue weighted by Gasteiger charge is 2.25. The molecule has 1 atom stereocenters. The summed E-state index contributed by atoms with van der Waals surface area (Å²) in [5, 5.41) is 2.88. The number of carbonyl (C=O) groups excluding carboxylic acids is 1. The van der Waals surface area contributed by atoms with Crippen LogP contribution in [-0.4, -0.2) is 45.4 Å². The van der Waals surface area contributed by atoms with Crippen LogP contribution in [-0.2, 0) is 14.8 Å². The average Bonchev–Trinajstić information content (AvgIpc) is 3.08. The molecule has 1 fully saturated rings. The minimum absolute atomic E-state index is 0.169. The van der Waals surface area contributed by atoms with Gasteiger partial charge in [-0.05, 0) is 50.1 Å². The van der Waals surface area contributed by atoms with Gasteiger partial charge in [0.15, 0.2) is 6.61 Å². The quantitative estimate of drug-likeness (QED) is 0.671. The highest BCUT2D eigenvalue weighted by atomic mass is 32.2. The van der Waals surface area contributed by atoms with Crippen LogP contribution >= 0.6 is 0 Å². The van der Waals surface area contributed by atoms with Crippen molar-refractivity contribution in [2.75, 3.05) is 26.8 Å². The first-order chi connectivity index (χ1) is 14.9. The lowest BCUT2D eigenvalue weighted by atomic mass is 10.1. The van der Waals surface area contributed by atoms with Crippen LogP contribution in [0.15, 0.2) is 53.4 Å². The van der Waals surface area contributed by atoms with Gasteiger partial charge in [0.05, 0.1) is 18.0 Å². The van der Waals surface area contributed by atoms with E-state index in [1.54, 1.807) is 23.5 Å². The molecule has 31 heavy (non-hydrogen) atoms. The normalized spacial score (nSPS) is 16.2. The molecule has 1 amide bonds. The number of hydrogen-bond donors (Lipinski definition) is 1. The Labute approximate surface area is 184 Å². The van der Waals surface area contributed by atoms with Crippen molar-refractivity contribution in [2.45, 2.75) is 43.5 Å². The molecule has 1 N–H and O–H groups in total. The van der Waals surface area contributed by atoms with Gasteiger partial charge >= 0.3 is 0 Å². The molecule has 0 radical (unpaired) electrons. The fourth-order valence-electron chi connectivity index (χ4n) is 3.67. The topological polar surface area (TPSA) is 84.9 Å². The summed E-state index contributed by atoms with van der Waals surface area (Å²) in [5.41, 5.74) is 0.876. The number of carbonyl (C=O) groups is 1. The van der Waals surface area contributed by atoms with Crippen molar-refractivity contribution < 1.29 is 22.7 Å². The van der Waals surface area contributed by atoms with Crippen molar-refractivity contribution in [1.82, 2.24) is 9.62 Å². The van der Waals surface area contributed by atoms with Crippen molar-refractivity contribution >= 4 is 15.9 Å². The lowest BCUT2D eigenvalue weighted by Crippen LogP contribution is -2.32. The third-order valence-electron chi connectivity index (χ3n) is 5.38. The summed E-state index contributed by atoms with van der Waals surface area (Å²) in [4.78, 5) is 12.5. The maximum absolute atomic E-state index is 12.8. The molecule has 1 aliphatic heterocycles. The molecule has 2 aromatic carbocycles. The number of methoxy groups -OCH3 is 1. The van der Waals surface area contributed by atoms with Gasteiger partial charge in [0.1, 0.15) is 11.5 Å².